The maximum absolute atomic E-state index is 2.17. The van der Waals surface area contributed by atoms with Crippen molar-refractivity contribution in [2.45, 2.75) is 20.8 Å². The third-order valence-corrected chi connectivity index (χ3v) is 1.89. The van der Waals surface area contributed by atoms with Crippen molar-refractivity contribution in [2.75, 3.05) is 0 Å². The second kappa shape index (κ2) is 6.64. The molecular formula is C13H16Fe. The van der Waals surface area contributed by atoms with Crippen molar-refractivity contribution in [3.8, 4) is 0 Å². The molecule has 0 N–H and O–H groups in total. The van der Waals surface area contributed by atoms with Crippen molar-refractivity contribution < 1.29 is 17.1 Å². The van der Waals surface area contributed by atoms with E-state index in [9.17, 15) is 0 Å². The van der Waals surface area contributed by atoms with E-state index >= 15 is 0 Å². The van der Waals surface area contributed by atoms with E-state index in [4.69, 9.17) is 0 Å². The summed E-state index contributed by atoms with van der Waals surface area (Å²) in [4.78, 5) is 0. The minimum absolute atomic E-state index is 0. The van der Waals surface area contributed by atoms with E-state index in [1.807, 2.05) is 12.1 Å². The van der Waals surface area contributed by atoms with Gasteiger partial charge in [0, 0.05) is 0 Å². The normalized spacial score (nSPS) is 8.50. The molecule has 0 heterocycles. The van der Waals surface area contributed by atoms with E-state index in [0.717, 1.165) is 0 Å². The molecule has 0 aromatic heterocycles. The summed E-state index contributed by atoms with van der Waals surface area (Å²) in [5.41, 5.74) is 4.06. The molecule has 76 valence electrons. The Hall–Kier alpha value is -0.781. The van der Waals surface area contributed by atoms with E-state index in [2.05, 4.69) is 51.1 Å². The zero-order chi connectivity index (χ0) is 9.68. The van der Waals surface area contributed by atoms with Crippen LogP contribution in [0.3, 0.4) is 0 Å². The standard InChI is InChI=1S/C7H9.C6H7.Fe/c1-6-3-4-7(2)5-6;1-6-4-2-3-5-6;/h3-5H,1-2H3;2-5H,1H3;/q2*-1;+2. The molecule has 1 heteroatoms. The molecule has 0 aliphatic carbocycles. The molecule has 0 saturated carbocycles. The smallest absolute Gasteiger partial charge is 0.213 e. The fourth-order valence-corrected chi connectivity index (χ4v) is 1.19. The van der Waals surface area contributed by atoms with Crippen LogP contribution in [-0.4, -0.2) is 0 Å². The van der Waals surface area contributed by atoms with E-state index in [-0.39, 0.29) is 17.1 Å². The molecule has 2 aromatic rings. The van der Waals surface area contributed by atoms with E-state index < -0.39 is 0 Å². The van der Waals surface area contributed by atoms with Crippen molar-refractivity contribution in [1.29, 1.82) is 0 Å². The summed E-state index contributed by atoms with van der Waals surface area (Å²) in [6.07, 6.45) is 0. The molecule has 2 rings (SSSR count). The van der Waals surface area contributed by atoms with Crippen LogP contribution in [0.4, 0.5) is 0 Å². The number of hydrogen-bond donors (Lipinski definition) is 0. The van der Waals surface area contributed by atoms with E-state index in [1.54, 1.807) is 0 Å². The first-order chi connectivity index (χ1) is 6.18. The van der Waals surface area contributed by atoms with Gasteiger partial charge >= 0.3 is 17.1 Å². The first kappa shape index (κ1) is 13.2. The Kier molecular flexibility index (Phi) is 6.27. The van der Waals surface area contributed by atoms with Crippen molar-refractivity contribution in [2.24, 2.45) is 0 Å². The van der Waals surface area contributed by atoms with Crippen LogP contribution >= 0.6 is 0 Å². The summed E-state index contributed by atoms with van der Waals surface area (Å²) >= 11 is 0. The predicted octanol–water partition coefficient (Wildman–Crippen LogP) is 3.73. The Labute approximate surface area is 97.2 Å². The van der Waals surface area contributed by atoms with Crippen molar-refractivity contribution in [3.05, 3.63) is 59.2 Å². The van der Waals surface area contributed by atoms with Gasteiger partial charge in [0.05, 0.1) is 0 Å². The van der Waals surface area contributed by atoms with Gasteiger partial charge in [-0.25, -0.2) is 23.8 Å². The van der Waals surface area contributed by atoms with Gasteiger partial charge in [-0.1, -0.05) is 20.8 Å². The molecule has 0 fully saturated rings. The third kappa shape index (κ3) is 5.06. The van der Waals surface area contributed by atoms with Gasteiger partial charge in [0.25, 0.3) is 0 Å². The van der Waals surface area contributed by atoms with Crippen LogP contribution in [0.25, 0.3) is 0 Å². The van der Waals surface area contributed by atoms with Crippen LogP contribution in [0.5, 0.6) is 0 Å². The van der Waals surface area contributed by atoms with Crippen molar-refractivity contribution in [1.82, 2.24) is 0 Å². The summed E-state index contributed by atoms with van der Waals surface area (Å²) in [5, 5.41) is 0. The van der Waals surface area contributed by atoms with Crippen LogP contribution in [0.2, 0.25) is 0 Å². The largest absolute Gasteiger partial charge is 2.00 e. The fraction of sp³-hybridized carbons (Fsp3) is 0.231. The van der Waals surface area contributed by atoms with Crippen LogP contribution in [0.15, 0.2) is 42.5 Å². The van der Waals surface area contributed by atoms with Crippen molar-refractivity contribution >= 4 is 0 Å². The molecule has 0 aliphatic heterocycles. The first-order valence-electron chi connectivity index (χ1n) is 4.57. The molecule has 0 nitrogen and oxygen atoms in total. The first-order valence-corrected chi connectivity index (χ1v) is 4.57. The van der Waals surface area contributed by atoms with Crippen LogP contribution < -0.4 is 0 Å². The average Bonchev–Trinajstić information content (AvgIpc) is 2.64. The molecule has 2 aromatic carbocycles. The maximum atomic E-state index is 2.17. The topological polar surface area (TPSA) is 0 Å². The fourth-order valence-electron chi connectivity index (χ4n) is 1.19. The Balaban J connectivity index is 0.000000227. The number of hydrogen-bond acceptors (Lipinski definition) is 0. The molecule has 0 spiro atoms. The van der Waals surface area contributed by atoms with Gasteiger partial charge in [-0.15, -0.1) is 0 Å². The zero-order valence-corrected chi connectivity index (χ0v) is 10.00. The molecule has 0 aliphatic rings. The molecule has 0 unspecified atom stereocenters. The molecule has 0 bridgehead atoms. The predicted molar refractivity (Wildman–Crippen MR) is 58.3 cm³/mol. The van der Waals surface area contributed by atoms with Gasteiger partial charge in [-0.3, -0.25) is 0 Å². The van der Waals surface area contributed by atoms with Gasteiger partial charge in [0.2, 0.25) is 0 Å². The minimum atomic E-state index is 0. The van der Waals surface area contributed by atoms with Crippen LogP contribution in [0.1, 0.15) is 16.7 Å². The monoisotopic (exact) mass is 228 g/mol. The van der Waals surface area contributed by atoms with E-state index in [1.165, 1.54) is 16.7 Å². The summed E-state index contributed by atoms with van der Waals surface area (Å²) in [6.45, 7) is 6.29. The van der Waals surface area contributed by atoms with E-state index in [0.29, 0.717) is 0 Å². The van der Waals surface area contributed by atoms with Gasteiger partial charge in [-0.05, 0) is 0 Å². The Morgan fingerprint density at radius 2 is 1.50 bits per heavy atom. The molecule has 0 amide bonds. The summed E-state index contributed by atoms with van der Waals surface area (Å²) in [5.74, 6) is 0. The molecule has 0 radical (unpaired) electrons. The Bertz CT molecular complexity index is 311. The summed E-state index contributed by atoms with van der Waals surface area (Å²) < 4.78 is 0. The third-order valence-electron chi connectivity index (χ3n) is 1.89. The van der Waals surface area contributed by atoms with Crippen LogP contribution in [0, 0.1) is 20.8 Å². The number of rotatable bonds is 0. The van der Waals surface area contributed by atoms with Crippen molar-refractivity contribution in [3.63, 3.8) is 0 Å². The summed E-state index contributed by atoms with van der Waals surface area (Å²) in [7, 11) is 0. The second-order valence-corrected chi connectivity index (χ2v) is 3.43. The SMILES string of the molecule is C[c-]1cccc1.Cc1cc[c-](C)c1.[Fe+2]. The zero-order valence-electron chi connectivity index (χ0n) is 8.90. The Morgan fingerprint density at radius 1 is 0.929 bits per heavy atom. The molecule has 0 saturated heterocycles. The van der Waals surface area contributed by atoms with Gasteiger partial charge in [-0.2, -0.15) is 35.4 Å². The number of aryl methyl sites for hydroxylation is 3. The van der Waals surface area contributed by atoms with Crippen LogP contribution in [-0.2, 0) is 17.1 Å². The maximum Gasteiger partial charge on any atom is 2.00 e. The minimum Gasteiger partial charge on any atom is -0.213 e. The van der Waals surface area contributed by atoms with Gasteiger partial charge < -0.3 is 0 Å². The summed E-state index contributed by atoms with van der Waals surface area (Å²) in [6, 6.07) is 14.6. The molecule has 14 heavy (non-hydrogen) atoms. The van der Waals surface area contributed by atoms with Gasteiger partial charge in [0.1, 0.15) is 0 Å². The molecule has 0 atom stereocenters. The second-order valence-electron chi connectivity index (χ2n) is 3.43. The quantitative estimate of drug-likeness (QED) is 0.476. The Morgan fingerprint density at radius 3 is 1.64 bits per heavy atom. The average molecular weight is 228 g/mol. The molecular weight excluding hydrogens is 212 g/mol. The van der Waals surface area contributed by atoms with Gasteiger partial charge in [0.15, 0.2) is 0 Å².